The number of aromatic nitrogens is 3. The van der Waals surface area contributed by atoms with Gasteiger partial charge in [-0.2, -0.15) is 0 Å². The molecule has 50 valence electrons. The van der Waals surface area contributed by atoms with E-state index in [0.29, 0.717) is 22.1 Å². The summed E-state index contributed by atoms with van der Waals surface area (Å²) in [7, 11) is 0. The second kappa shape index (κ2) is 1.68. The van der Waals surface area contributed by atoms with Crippen LogP contribution in [0.5, 0.6) is 0 Å². The molecule has 10 heavy (non-hydrogen) atoms. The zero-order valence-corrected chi connectivity index (χ0v) is 5.02. The fourth-order valence-electron chi connectivity index (χ4n) is 0.777. The summed E-state index contributed by atoms with van der Waals surface area (Å²) < 4.78 is 0. The largest absolute Gasteiger partial charge is 0.409 e. The van der Waals surface area contributed by atoms with E-state index in [0.717, 1.165) is 0 Å². The maximum atomic E-state index is 8.90. The lowest BCUT2D eigenvalue weighted by molar-refractivity contribution is 0.135. The van der Waals surface area contributed by atoms with Crippen LogP contribution in [0.25, 0.3) is 6.08 Å². The standard InChI is InChI=1S/C5H4N4O/c10-9-5-3-6-2-1-4(5)7-8-9/h1,10H,2H2. The van der Waals surface area contributed by atoms with Gasteiger partial charge in [0.2, 0.25) is 0 Å². The smallest absolute Gasteiger partial charge is 0.190 e. The van der Waals surface area contributed by atoms with Gasteiger partial charge in [0.25, 0.3) is 0 Å². The lowest BCUT2D eigenvalue weighted by atomic mass is 10.4. The lowest BCUT2D eigenvalue weighted by Gasteiger charge is -1.83. The van der Waals surface area contributed by atoms with Gasteiger partial charge in [-0.1, -0.05) is 4.85 Å². The van der Waals surface area contributed by atoms with Gasteiger partial charge in [-0.15, -0.1) is 5.10 Å². The predicted octanol–water partition coefficient (Wildman–Crippen LogP) is -2.35. The molecule has 1 N–H and O–H groups in total. The van der Waals surface area contributed by atoms with E-state index in [9.17, 15) is 0 Å². The average molecular weight is 136 g/mol. The second-order valence-corrected chi connectivity index (χ2v) is 1.87. The van der Waals surface area contributed by atoms with Gasteiger partial charge in [0.05, 0.1) is 6.54 Å². The van der Waals surface area contributed by atoms with Crippen molar-refractivity contribution in [1.82, 2.24) is 15.2 Å². The predicted molar refractivity (Wildman–Crippen MR) is 32.3 cm³/mol. The average Bonchev–Trinajstić information content (AvgIpc) is 2.34. The Morgan fingerprint density at radius 1 is 1.70 bits per heavy atom. The molecule has 1 aliphatic heterocycles. The normalized spacial score (nSPS) is 13.6. The fraction of sp³-hybridized carbons (Fsp3) is 0.200. The monoisotopic (exact) mass is 136 g/mol. The van der Waals surface area contributed by atoms with Crippen LogP contribution in [0.15, 0.2) is 4.99 Å². The highest BCUT2D eigenvalue weighted by atomic mass is 16.5. The van der Waals surface area contributed by atoms with Crippen molar-refractivity contribution in [2.24, 2.45) is 4.99 Å². The van der Waals surface area contributed by atoms with Crippen LogP contribution < -0.4 is 10.7 Å². The maximum absolute atomic E-state index is 8.90. The summed E-state index contributed by atoms with van der Waals surface area (Å²) in [5, 5.41) is 17.0. The number of fused-ring (bicyclic) bond motifs is 1. The first kappa shape index (κ1) is 5.20. The first-order chi connectivity index (χ1) is 4.88. The van der Waals surface area contributed by atoms with Gasteiger partial charge in [-0.3, -0.25) is 0 Å². The van der Waals surface area contributed by atoms with Crippen molar-refractivity contribution in [2.45, 2.75) is 0 Å². The maximum Gasteiger partial charge on any atom is 0.190 e. The highest BCUT2D eigenvalue weighted by Gasteiger charge is 1.97. The summed E-state index contributed by atoms with van der Waals surface area (Å²) in [6.07, 6.45) is 1.77. The van der Waals surface area contributed by atoms with Crippen molar-refractivity contribution in [3.05, 3.63) is 10.7 Å². The molecule has 1 aromatic rings. The Bertz CT molecular complexity index is 398. The van der Waals surface area contributed by atoms with Crippen molar-refractivity contribution in [1.29, 1.82) is 0 Å². The van der Waals surface area contributed by atoms with Crippen LogP contribution in [0.4, 0.5) is 0 Å². The van der Waals surface area contributed by atoms with Crippen molar-refractivity contribution in [3.8, 4) is 0 Å². The molecular weight excluding hydrogens is 132 g/mol. The third-order valence-corrected chi connectivity index (χ3v) is 1.24. The van der Waals surface area contributed by atoms with E-state index in [1.807, 2.05) is 0 Å². The molecule has 0 fully saturated rings. The topological polar surface area (TPSA) is 63.3 Å². The molecule has 0 saturated carbocycles. The van der Waals surface area contributed by atoms with E-state index in [1.165, 1.54) is 0 Å². The van der Waals surface area contributed by atoms with Gasteiger partial charge in [0, 0.05) is 5.87 Å². The van der Waals surface area contributed by atoms with Gasteiger partial charge in [0.1, 0.15) is 5.35 Å². The quantitative estimate of drug-likeness (QED) is 0.406. The van der Waals surface area contributed by atoms with Crippen LogP contribution in [0.3, 0.4) is 0 Å². The molecule has 5 heteroatoms. The minimum Gasteiger partial charge on any atom is -0.409 e. The Hall–Kier alpha value is -1.61. The zero-order chi connectivity index (χ0) is 6.97. The molecule has 1 aliphatic rings. The van der Waals surface area contributed by atoms with Gasteiger partial charge < -0.3 is 5.21 Å². The summed E-state index contributed by atoms with van der Waals surface area (Å²) in [4.78, 5) is 4.45. The highest BCUT2D eigenvalue weighted by Crippen LogP contribution is 1.68. The Balaban J connectivity index is 3.06. The Kier molecular flexibility index (Phi) is 0.875. The van der Waals surface area contributed by atoms with Crippen LogP contribution in [0.2, 0.25) is 0 Å². The van der Waals surface area contributed by atoms with Crippen LogP contribution in [0, 0.1) is 0 Å². The minimum atomic E-state index is 0.422. The molecule has 5 nitrogen and oxygen atoms in total. The molecule has 0 atom stereocenters. The molecule has 2 heterocycles. The minimum absolute atomic E-state index is 0.422. The van der Waals surface area contributed by atoms with Crippen molar-refractivity contribution < 1.29 is 5.21 Å². The first-order valence-corrected chi connectivity index (χ1v) is 2.78. The number of hydrogen-bond donors (Lipinski definition) is 1. The molecule has 0 bridgehead atoms. The Morgan fingerprint density at radius 3 is 3.40 bits per heavy atom. The van der Waals surface area contributed by atoms with Crippen LogP contribution >= 0.6 is 0 Å². The van der Waals surface area contributed by atoms with Gasteiger partial charge >= 0.3 is 0 Å². The second-order valence-electron chi connectivity index (χ2n) is 1.87. The van der Waals surface area contributed by atoms with Gasteiger partial charge in [0.15, 0.2) is 5.35 Å². The van der Waals surface area contributed by atoms with Gasteiger partial charge in [-0.25, -0.2) is 4.99 Å². The van der Waals surface area contributed by atoms with E-state index in [4.69, 9.17) is 5.21 Å². The number of hydrogen-bond acceptors (Lipinski definition) is 4. The SMILES string of the molecule is On1nnc2c1=C=NCC=2. The van der Waals surface area contributed by atoms with Crippen molar-refractivity contribution in [2.75, 3.05) is 6.54 Å². The van der Waals surface area contributed by atoms with E-state index in [2.05, 4.69) is 21.2 Å². The first-order valence-electron chi connectivity index (χ1n) is 2.78. The molecule has 0 amide bonds. The number of aliphatic imine (C=N–C) groups is 1. The molecule has 2 rings (SSSR count). The third-order valence-electron chi connectivity index (χ3n) is 1.24. The van der Waals surface area contributed by atoms with Crippen molar-refractivity contribution in [3.63, 3.8) is 0 Å². The summed E-state index contributed by atoms with van der Waals surface area (Å²) in [6.45, 7) is 0.561. The summed E-state index contributed by atoms with van der Waals surface area (Å²) in [5.41, 5.74) is 0. The van der Waals surface area contributed by atoms with E-state index in [1.54, 1.807) is 6.08 Å². The van der Waals surface area contributed by atoms with Gasteiger partial charge in [-0.05, 0) is 11.3 Å². The molecule has 0 radical (unpaired) electrons. The molecule has 0 saturated heterocycles. The van der Waals surface area contributed by atoms with E-state index < -0.39 is 0 Å². The molecule has 0 spiro atoms. The third kappa shape index (κ3) is 0.549. The lowest BCUT2D eigenvalue weighted by Crippen LogP contribution is -2.32. The number of nitrogens with zero attached hydrogens (tertiary/aromatic N) is 4. The van der Waals surface area contributed by atoms with Crippen LogP contribution in [-0.4, -0.2) is 32.8 Å². The van der Waals surface area contributed by atoms with Crippen LogP contribution in [0.1, 0.15) is 0 Å². The highest BCUT2D eigenvalue weighted by molar-refractivity contribution is 5.53. The summed E-state index contributed by atoms with van der Waals surface area (Å²) in [6, 6.07) is 0. The fourth-order valence-corrected chi connectivity index (χ4v) is 0.777. The Morgan fingerprint density at radius 2 is 2.60 bits per heavy atom. The molecule has 0 aliphatic carbocycles. The summed E-state index contributed by atoms with van der Waals surface area (Å²) in [5.74, 6) is 2.59. The molecular formula is C5H4N4O. The molecule has 0 unspecified atom stereocenters. The molecule has 1 aromatic heterocycles. The van der Waals surface area contributed by atoms with Crippen molar-refractivity contribution >= 4 is 11.9 Å². The number of rotatable bonds is 0. The Labute approximate surface area is 55.6 Å². The zero-order valence-electron chi connectivity index (χ0n) is 5.02. The van der Waals surface area contributed by atoms with E-state index >= 15 is 0 Å². The van der Waals surface area contributed by atoms with Crippen LogP contribution in [-0.2, 0) is 0 Å². The van der Waals surface area contributed by atoms with E-state index in [-0.39, 0.29) is 0 Å². The summed E-state index contributed by atoms with van der Waals surface area (Å²) >= 11 is 0. The molecule has 0 aromatic carbocycles.